The number of carbonyl (C=O) groups is 1. The van der Waals surface area contributed by atoms with Gasteiger partial charge in [-0.1, -0.05) is 39.0 Å². The highest BCUT2D eigenvalue weighted by molar-refractivity contribution is 5.81. The summed E-state index contributed by atoms with van der Waals surface area (Å²) in [5.41, 5.74) is 0. The molecule has 0 atom stereocenters. The summed E-state index contributed by atoms with van der Waals surface area (Å²) in [6.45, 7) is 2.18. The van der Waals surface area contributed by atoms with Crippen LogP contribution in [0.4, 0.5) is 8.78 Å². The molecule has 0 saturated heterocycles. The summed E-state index contributed by atoms with van der Waals surface area (Å²) in [5.74, 6) is -2.38. The van der Waals surface area contributed by atoms with Gasteiger partial charge in [-0.15, -0.1) is 0 Å². The number of Topliss-reactive ketones (excluding diaryl/α,β-unsaturated/α-hetero) is 1. The van der Waals surface area contributed by atoms with Gasteiger partial charge in [0.15, 0.2) is 0 Å². The summed E-state index contributed by atoms with van der Waals surface area (Å²) in [5, 5.41) is 0. The number of alkyl halides is 2. The van der Waals surface area contributed by atoms with Crippen LogP contribution in [-0.4, -0.2) is 11.7 Å². The van der Waals surface area contributed by atoms with Gasteiger partial charge < -0.3 is 0 Å². The molecule has 0 unspecified atom stereocenters. The molecule has 0 radical (unpaired) electrons. The lowest BCUT2D eigenvalue weighted by Gasteiger charge is -2.27. The third kappa shape index (κ3) is 5.92. The van der Waals surface area contributed by atoms with Crippen LogP contribution in [0.15, 0.2) is 0 Å². The summed E-state index contributed by atoms with van der Waals surface area (Å²) >= 11 is 0. The molecule has 0 aromatic carbocycles. The second-order valence-corrected chi connectivity index (χ2v) is 5.61. The van der Waals surface area contributed by atoms with Crippen molar-refractivity contribution >= 4 is 5.78 Å². The highest BCUT2D eigenvalue weighted by atomic mass is 19.3. The van der Waals surface area contributed by atoms with E-state index in [1.54, 1.807) is 0 Å². The molecule has 1 aliphatic rings. The molecule has 1 nitrogen and oxygen atoms in total. The van der Waals surface area contributed by atoms with Crippen LogP contribution in [0.2, 0.25) is 0 Å². The fraction of sp³-hybridized carbons (Fsp3) is 0.933. The maximum absolute atomic E-state index is 13.0. The molecule has 106 valence electrons. The Morgan fingerprint density at radius 2 is 1.61 bits per heavy atom. The van der Waals surface area contributed by atoms with Crippen molar-refractivity contribution in [1.82, 2.24) is 0 Å². The normalized spacial score (nSPS) is 19.9. The van der Waals surface area contributed by atoms with Crippen LogP contribution in [0.5, 0.6) is 0 Å². The number of halogens is 2. The number of hydrogen-bond donors (Lipinski definition) is 0. The first-order valence-corrected chi connectivity index (χ1v) is 7.46. The van der Waals surface area contributed by atoms with Crippen LogP contribution < -0.4 is 0 Å². The average molecular weight is 260 g/mol. The van der Waals surface area contributed by atoms with E-state index in [4.69, 9.17) is 0 Å². The quantitative estimate of drug-likeness (QED) is 0.553. The van der Waals surface area contributed by atoms with Gasteiger partial charge in [0.05, 0.1) is 0 Å². The van der Waals surface area contributed by atoms with Crippen LogP contribution in [0.1, 0.15) is 77.6 Å². The van der Waals surface area contributed by atoms with Crippen molar-refractivity contribution in [1.29, 1.82) is 0 Å². The Kier molecular flexibility index (Phi) is 6.80. The Morgan fingerprint density at radius 3 is 2.22 bits per heavy atom. The van der Waals surface area contributed by atoms with E-state index in [1.165, 1.54) is 25.7 Å². The lowest BCUT2D eigenvalue weighted by atomic mass is 9.83. The predicted molar refractivity (Wildman–Crippen MR) is 69.9 cm³/mol. The molecule has 0 amide bonds. The zero-order valence-electron chi connectivity index (χ0n) is 11.5. The van der Waals surface area contributed by atoms with Gasteiger partial charge in [0.25, 0.3) is 0 Å². The van der Waals surface area contributed by atoms with Crippen molar-refractivity contribution in [3.05, 3.63) is 0 Å². The van der Waals surface area contributed by atoms with E-state index in [2.05, 4.69) is 6.92 Å². The average Bonchev–Trinajstić information content (AvgIpc) is 2.33. The van der Waals surface area contributed by atoms with E-state index in [9.17, 15) is 13.6 Å². The van der Waals surface area contributed by atoms with Crippen molar-refractivity contribution in [2.75, 3.05) is 0 Å². The number of hydrogen-bond acceptors (Lipinski definition) is 1. The van der Waals surface area contributed by atoms with Gasteiger partial charge in [-0.3, -0.25) is 4.79 Å². The number of carbonyl (C=O) groups excluding carboxylic acids is 1. The van der Waals surface area contributed by atoms with Crippen molar-refractivity contribution in [2.45, 2.75) is 83.5 Å². The number of rotatable bonds is 8. The highest BCUT2D eigenvalue weighted by Gasteiger charge is 2.36. The predicted octanol–water partition coefficient (Wildman–Crippen LogP) is 5.13. The minimum Gasteiger partial charge on any atom is -0.299 e. The van der Waals surface area contributed by atoms with Crippen LogP contribution in [-0.2, 0) is 4.79 Å². The lowest BCUT2D eigenvalue weighted by Crippen LogP contribution is -2.28. The minimum atomic E-state index is -2.52. The maximum atomic E-state index is 13.0. The fourth-order valence-corrected chi connectivity index (χ4v) is 2.65. The summed E-state index contributed by atoms with van der Waals surface area (Å²) in [6, 6.07) is 0. The molecule has 1 aliphatic carbocycles. The van der Waals surface area contributed by atoms with Gasteiger partial charge in [-0.05, 0) is 19.3 Å². The first-order valence-electron chi connectivity index (χ1n) is 7.46. The Morgan fingerprint density at radius 1 is 1.06 bits per heavy atom. The molecule has 0 aliphatic heterocycles. The summed E-state index contributed by atoms with van der Waals surface area (Å²) in [7, 11) is 0. The standard InChI is InChI=1S/C15H26F2O/c1-2-3-4-5-6-7-8-14(18)13-9-11-15(16,17)12-10-13/h13H,2-12H2,1H3. The second-order valence-electron chi connectivity index (χ2n) is 5.61. The van der Waals surface area contributed by atoms with Gasteiger partial charge in [-0.25, -0.2) is 8.78 Å². The van der Waals surface area contributed by atoms with E-state index in [-0.39, 0.29) is 24.5 Å². The van der Waals surface area contributed by atoms with Crippen molar-refractivity contribution in [2.24, 2.45) is 5.92 Å². The third-order valence-corrected chi connectivity index (χ3v) is 3.95. The third-order valence-electron chi connectivity index (χ3n) is 3.95. The van der Waals surface area contributed by atoms with Crippen molar-refractivity contribution in [3.8, 4) is 0 Å². The zero-order chi connectivity index (χ0) is 13.4. The summed E-state index contributed by atoms with van der Waals surface area (Å²) in [6.07, 6.45) is 8.18. The Balaban J connectivity index is 2.07. The molecule has 0 bridgehead atoms. The molecular formula is C15H26F2O. The number of unbranched alkanes of at least 4 members (excludes halogenated alkanes) is 5. The Bertz CT molecular complexity index is 241. The first kappa shape index (κ1) is 15.6. The Hall–Kier alpha value is -0.470. The van der Waals surface area contributed by atoms with Crippen LogP contribution >= 0.6 is 0 Å². The van der Waals surface area contributed by atoms with Crippen LogP contribution in [0, 0.1) is 5.92 Å². The highest BCUT2D eigenvalue weighted by Crippen LogP contribution is 2.36. The number of ketones is 1. The van der Waals surface area contributed by atoms with E-state index in [0.717, 1.165) is 12.8 Å². The molecule has 0 heterocycles. The zero-order valence-corrected chi connectivity index (χ0v) is 11.5. The van der Waals surface area contributed by atoms with Gasteiger partial charge >= 0.3 is 0 Å². The molecule has 1 saturated carbocycles. The summed E-state index contributed by atoms with van der Waals surface area (Å²) < 4.78 is 25.9. The molecule has 1 rings (SSSR count). The lowest BCUT2D eigenvalue weighted by molar-refractivity contribution is -0.127. The first-order chi connectivity index (χ1) is 8.55. The molecular weight excluding hydrogens is 234 g/mol. The van der Waals surface area contributed by atoms with Gasteiger partial charge in [0.1, 0.15) is 5.78 Å². The van der Waals surface area contributed by atoms with E-state index < -0.39 is 5.92 Å². The van der Waals surface area contributed by atoms with E-state index in [1.807, 2.05) is 0 Å². The second kappa shape index (κ2) is 7.85. The SMILES string of the molecule is CCCCCCCCC(=O)C1CCC(F)(F)CC1. The topological polar surface area (TPSA) is 17.1 Å². The Labute approximate surface area is 109 Å². The minimum absolute atomic E-state index is 0.0831. The van der Waals surface area contributed by atoms with Gasteiger partial charge in [0.2, 0.25) is 5.92 Å². The fourth-order valence-electron chi connectivity index (χ4n) is 2.65. The van der Waals surface area contributed by atoms with Crippen LogP contribution in [0.25, 0.3) is 0 Å². The molecule has 0 aromatic rings. The summed E-state index contributed by atoms with van der Waals surface area (Å²) in [4.78, 5) is 11.9. The smallest absolute Gasteiger partial charge is 0.248 e. The molecule has 18 heavy (non-hydrogen) atoms. The van der Waals surface area contributed by atoms with Crippen molar-refractivity contribution in [3.63, 3.8) is 0 Å². The van der Waals surface area contributed by atoms with E-state index >= 15 is 0 Å². The van der Waals surface area contributed by atoms with Gasteiger partial charge in [-0.2, -0.15) is 0 Å². The molecule has 0 N–H and O–H groups in total. The molecule has 1 fully saturated rings. The monoisotopic (exact) mass is 260 g/mol. The molecule has 3 heteroatoms. The molecule has 0 aromatic heterocycles. The maximum Gasteiger partial charge on any atom is 0.248 e. The largest absolute Gasteiger partial charge is 0.299 e. The van der Waals surface area contributed by atoms with Gasteiger partial charge in [0, 0.05) is 25.2 Å². The van der Waals surface area contributed by atoms with Crippen molar-refractivity contribution < 1.29 is 13.6 Å². The van der Waals surface area contributed by atoms with E-state index in [0.29, 0.717) is 19.3 Å². The molecule has 0 spiro atoms. The van der Waals surface area contributed by atoms with Crippen LogP contribution in [0.3, 0.4) is 0 Å².